The van der Waals surface area contributed by atoms with Gasteiger partial charge in [0.15, 0.2) is 0 Å². The van der Waals surface area contributed by atoms with Gasteiger partial charge in [0.2, 0.25) is 0 Å². The molecule has 4 nitrogen and oxygen atoms in total. The van der Waals surface area contributed by atoms with Crippen molar-refractivity contribution >= 4 is 0 Å². The summed E-state index contributed by atoms with van der Waals surface area (Å²) in [6.45, 7) is 1.89. The third kappa shape index (κ3) is 2.31. The molecule has 0 fully saturated rings. The fourth-order valence-electron chi connectivity index (χ4n) is 1.85. The maximum absolute atomic E-state index is 10.3. The molecule has 0 saturated heterocycles. The van der Waals surface area contributed by atoms with Crippen LogP contribution in [0, 0.1) is 6.92 Å². The van der Waals surface area contributed by atoms with E-state index in [9.17, 15) is 5.11 Å². The Morgan fingerprint density at radius 3 is 2.41 bits per heavy atom. The Kier molecular flexibility index (Phi) is 3.15. The molecule has 0 aliphatic heterocycles. The van der Waals surface area contributed by atoms with Crippen molar-refractivity contribution in [2.24, 2.45) is 7.05 Å². The first-order valence-corrected chi connectivity index (χ1v) is 5.44. The number of hydrogen-bond acceptors (Lipinski definition) is 3. The number of methoxy groups -OCH3 is 1. The van der Waals surface area contributed by atoms with Gasteiger partial charge in [-0.05, 0) is 24.6 Å². The number of benzene rings is 1. The maximum atomic E-state index is 10.3. The van der Waals surface area contributed by atoms with Crippen molar-refractivity contribution in [2.75, 3.05) is 7.11 Å². The summed E-state index contributed by atoms with van der Waals surface area (Å²) in [5.74, 6) is 0.781. The molecule has 0 radical (unpaired) electrons. The Hall–Kier alpha value is -1.81. The molecule has 1 heterocycles. The minimum absolute atomic E-state index is 0.644. The van der Waals surface area contributed by atoms with E-state index >= 15 is 0 Å². The topological polar surface area (TPSA) is 47.3 Å². The molecule has 0 bridgehead atoms. The highest BCUT2D eigenvalue weighted by Crippen LogP contribution is 2.25. The summed E-state index contributed by atoms with van der Waals surface area (Å²) in [5.41, 5.74) is 2.51. The minimum Gasteiger partial charge on any atom is -0.497 e. The number of hydrogen-bond donors (Lipinski definition) is 1. The molecule has 17 heavy (non-hydrogen) atoms. The molecular weight excluding hydrogens is 216 g/mol. The van der Waals surface area contributed by atoms with Gasteiger partial charge in [-0.15, -0.1) is 0 Å². The fourth-order valence-corrected chi connectivity index (χ4v) is 1.85. The van der Waals surface area contributed by atoms with Gasteiger partial charge < -0.3 is 9.84 Å². The van der Waals surface area contributed by atoms with Gasteiger partial charge in [-0.25, -0.2) is 0 Å². The molecule has 1 N–H and O–H groups in total. The van der Waals surface area contributed by atoms with Crippen LogP contribution in [0.3, 0.4) is 0 Å². The van der Waals surface area contributed by atoms with Crippen molar-refractivity contribution in [1.82, 2.24) is 9.78 Å². The Balaban J connectivity index is 2.30. The van der Waals surface area contributed by atoms with Crippen molar-refractivity contribution < 1.29 is 9.84 Å². The van der Waals surface area contributed by atoms with Crippen molar-refractivity contribution in [3.05, 3.63) is 47.3 Å². The zero-order chi connectivity index (χ0) is 12.4. The summed E-state index contributed by atoms with van der Waals surface area (Å²) in [7, 11) is 3.47. The summed E-state index contributed by atoms with van der Waals surface area (Å²) in [6, 6.07) is 7.39. The Bertz CT molecular complexity index is 503. The average Bonchev–Trinajstić information content (AvgIpc) is 2.68. The third-order valence-electron chi connectivity index (χ3n) is 2.78. The maximum Gasteiger partial charge on any atom is 0.118 e. The van der Waals surface area contributed by atoms with Gasteiger partial charge in [0.05, 0.1) is 12.8 Å². The van der Waals surface area contributed by atoms with Crippen LogP contribution in [0.5, 0.6) is 5.75 Å². The van der Waals surface area contributed by atoms with E-state index in [1.807, 2.05) is 44.4 Å². The van der Waals surface area contributed by atoms with Crippen LogP contribution in [0.1, 0.15) is 22.9 Å². The molecular formula is C13H16N2O2. The lowest BCUT2D eigenvalue weighted by molar-refractivity contribution is 0.219. The van der Waals surface area contributed by atoms with Gasteiger partial charge in [0.25, 0.3) is 0 Å². The van der Waals surface area contributed by atoms with Crippen LogP contribution in [0.4, 0.5) is 0 Å². The highest BCUT2D eigenvalue weighted by atomic mass is 16.5. The molecule has 2 aromatic rings. The number of aliphatic hydroxyl groups excluding tert-OH is 1. The molecule has 0 aliphatic rings. The monoisotopic (exact) mass is 232 g/mol. The molecule has 0 aliphatic carbocycles. The van der Waals surface area contributed by atoms with E-state index in [1.54, 1.807) is 11.8 Å². The lowest BCUT2D eigenvalue weighted by Gasteiger charge is -2.10. The van der Waals surface area contributed by atoms with Crippen molar-refractivity contribution in [1.29, 1.82) is 0 Å². The van der Waals surface area contributed by atoms with Gasteiger partial charge >= 0.3 is 0 Å². The molecule has 1 aromatic heterocycles. The molecule has 4 heteroatoms. The van der Waals surface area contributed by atoms with E-state index < -0.39 is 6.10 Å². The summed E-state index contributed by atoms with van der Waals surface area (Å²) >= 11 is 0. The standard InChI is InChI=1S/C13H16N2O2/c1-9-12(8-15(2)14-9)13(16)10-4-6-11(17-3)7-5-10/h4-8,13,16H,1-3H3. The molecule has 0 saturated carbocycles. The van der Waals surface area contributed by atoms with E-state index in [0.717, 1.165) is 22.6 Å². The van der Waals surface area contributed by atoms with Crippen LogP contribution in [-0.2, 0) is 7.05 Å². The van der Waals surface area contributed by atoms with Crippen LogP contribution in [0.2, 0.25) is 0 Å². The molecule has 1 aromatic carbocycles. The summed E-state index contributed by atoms with van der Waals surface area (Å²) < 4.78 is 6.79. The number of aliphatic hydroxyl groups is 1. The third-order valence-corrected chi connectivity index (χ3v) is 2.78. The lowest BCUT2D eigenvalue weighted by atomic mass is 10.0. The molecule has 1 unspecified atom stereocenters. The average molecular weight is 232 g/mol. The van der Waals surface area contributed by atoms with E-state index in [0.29, 0.717) is 0 Å². The second-order valence-electron chi connectivity index (χ2n) is 4.02. The predicted molar refractivity (Wildman–Crippen MR) is 65.0 cm³/mol. The van der Waals surface area contributed by atoms with E-state index in [4.69, 9.17) is 4.74 Å². The minimum atomic E-state index is -0.644. The van der Waals surface area contributed by atoms with E-state index in [2.05, 4.69) is 5.10 Å². The summed E-state index contributed by atoms with van der Waals surface area (Å²) in [4.78, 5) is 0. The van der Waals surface area contributed by atoms with Gasteiger partial charge in [0, 0.05) is 18.8 Å². The zero-order valence-electron chi connectivity index (χ0n) is 10.2. The van der Waals surface area contributed by atoms with Gasteiger partial charge in [-0.1, -0.05) is 12.1 Å². The Morgan fingerprint density at radius 1 is 1.29 bits per heavy atom. The summed E-state index contributed by atoms with van der Waals surface area (Å²) in [6.07, 6.45) is 1.19. The highest BCUT2D eigenvalue weighted by molar-refractivity contribution is 5.34. The lowest BCUT2D eigenvalue weighted by Crippen LogP contribution is -2.00. The SMILES string of the molecule is COc1ccc(C(O)c2cn(C)nc2C)cc1. The molecule has 1 atom stereocenters. The number of aryl methyl sites for hydroxylation is 2. The molecule has 2 rings (SSSR count). The molecule has 0 amide bonds. The van der Waals surface area contributed by atoms with Gasteiger partial charge in [-0.2, -0.15) is 5.10 Å². The van der Waals surface area contributed by atoms with E-state index in [-0.39, 0.29) is 0 Å². The van der Waals surface area contributed by atoms with Crippen LogP contribution < -0.4 is 4.74 Å². The zero-order valence-corrected chi connectivity index (χ0v) is 10.2. The second-order valence-corrected chi connectivity index (χ2v) is 4.02. The highest BCUT2D eigenvalue weighted by Gasteiger charge is 2.15. The number of rotatable bonds is 3. The Labute approximate surface area is 100 Å². The largest absolute Gasteiger partial charge is 0.497 e. The van der Waals surface area contributed by atoms with E-state index in [1.165, 1.54) is 0 Å². The molecule has 0 spiro atoms. The quantitative estimate of drug-likeness (QED) is 0.878. The normalized spacial score (nSPS) is 12.5. The van der Waals surface area contributed by atoms with Crippen LogP contribution >= 0.6 is 0 Å². The van der Waals surface area contributed by atoms with Crippen LogP contribution in [0.15, 0.2) is 30.5 Å². The summed E-state index contributed by atoms with van der Waals surface area (Å²) in [5, 5.41) is 14.5. The van der Waals surface area contributed by atoms with Crippen molar-refractivity contribution in [2.45, 2.75) is 13.0 Å². The first-order chi connectivity index (χ1) is 8.11. The van der Waals surface area contributed by atoms with Crippen molar-refractivity contribution in [3.63, 3.8) is 0 Å². The number of aromatic nitrogens is 2. The first-order valence-electron chi connectivity index (χ1n) is 5.44. The predicted octanol–water partition coefficient (Wildman–Crippen LogP) is 1.82. The van der Waals surface area contributed by atoms with Gasteiger partial charge in [-0.3, -0.25) is 4.68 Å². The van der Waals surface area contributed by atoms with Crippen LogP contribution in [0.25, 0.3) is 0 Å². The second kappa shape index (κ2) is 4.59. The smallest absolute Gasteiger partial charge is 0.118 e. The fraction of sp³-hybridized carbons (Fsp3) is 0.308. The number of nitrogens with zero attached hydrogens (tertiary/aromatic N) is 2. The number of ether oxygens (including phenoxy) is 1. The first kappa shape index (κ1) is 11.7. The molecule has 90 valence electrons. The van der Waals surface area contributed by atoms with Crippen LogP contribution in [-0.4, -0.2) is 22.0 Å². The Morgan fingerprint density at radius 2 is 1.94 bits per heavy atom. The van der Waals surface area contributed by atoms with Gasteiger partial charge in [0.1, 0.15) is 11.9 Å². The van der Waals surface area contributed by atoms with Crippen molar-refractivity contribution in [3.8, 4) is 5.75 Å².